The predicted octanol–water partition coefficient (Wildman–Crippen LogP) is 5.19. The quantitative estimate of drug-likeness (QED) is 0.666. The molecule has 0 heterocycles. The molecule has 21 heavy (non-hydrogen) atoms. The number of rotatable bonds is 6. The summed E-state index contributed by atoms with van der Waals surface area (Å²) in [6.07, 6.45) is 2.20. The van der Waals surface area contributed by atoms with E-state index in [4.69, 9.17) is 0 Å². The fourth-order valence-corrected chi connectivity index (χ4v) is 3.25. The molecule has 1 nitrogen and oxygen atoms in total. The highest BCUT2D eigenvalue weighted by Crippen LogP contribution is 2.26. The third-order valence-electron chi connectivity index (χ3n) is 3.80. The highest BCUT2D eigenvalue weighted by atomic mass is 127. The summed E-state index contributed by atoms with van der Waals surface area (Å²) in [5.74, 6) is 0. The lowest BCUT2D eigenvalue weighted by Gasteiger charge is -2.21. The summed E-state index contributed by atoms with van der Waals surface area (Å²) in [4.78, 5) is 0. The zero-order valence-corrected chi connectivity index (χ0v) is 15.3. The molecule has 1 unspecified atom stereocenters. The molecule has 0 aliphatic carbocycles. The van der Waals surface area contributed by atoms with E-state index < -0.39 is 0 Å². The van der Waals surface area contributed by atoms with Gasteiger partial charge in [-0.1, -0.05) is 55.0 Å². The largest absolute Gasteiger partial charge is 0.310 e. The lowest BCUT2D eigenvalue weighted by atomic mass is 9.97. The molecule has 0 fully saturated rings. The molecule has 0 spiro atoms. The first-order chi connectivity index (χ1) is 10.1. The number of hydrogen-bond acceptors (Lipinski definition) is 1. The predicted molar refractivity (Wildman–Crippen MR) is 99.8 cm³/mol. The van der Waals surface area contributed by atoms with E-state index in [0.717, 1.165) is 19.4 Å². The normalized spacial score (nSPS) is 12.4. The van der Waals surface area contributed by atoms with Gasteiger partial charge in [-0.15, -0.1) is 0 Å². The van der Waals surface area contributed by atoms with Gasteiger partial charge in [0, 0.05) is 9.61 Å². The van der Waals surface area contributed by atoms with Crippen LogP contribution in [0.25, 0.3) is 0 Å². The maximum atomic E-state index is 3.71. The Labute approximate surface area is 142 Å². The minimum atomic E-state index is 0.388. The van der Waals surface area contributed by atoms with E-state index in [1.165, 1.54) is 25.8 Å². The van der Waals surface area contributed by atoms with Crippen molar-refractivity contribution in [1.29, 1.82) is 0 Å². The summed E-state index contributed by atoms with van der Waals surface area (Å²) in [7, 11) is 0. The Balaban J connectivity index is 2.25. The Morgan fingerprint density at radius 1 is 1.05 bits per heavy atom. The highest BCUT2D eigenvalue weighted by Gasteiger charge is 2.15. The standard InChI is InChI=1S/C19H24IN/c1-4-12-21-18(13-16-10-8-14(2)9-11-16)17-7-5-6-15(3)19(17)20/h5-11,18,21H,4,12-13H2,1-3H3. The molecule has 0 amide bonds. The van der Waals surface area contributed by atoms with Crippen LogP contribution in [0.2, 0.25) is 0 Å². The van der Waals surface area contributed by atoms with Gasteiger partial charge in [0.1, 0.15) is 0 Å². The fourth-order valence-electron chi connectivity index (χ4n) is 2.51. The van der Waals surface area contributed by atoms with Crippen molar-refractivity contribution in [2.24, 2.45) is 0 Å². The molecule has 0 aliphatic heterocycles. The summed E-state index contributed by atoms with van der Waals surface area (Å²) < 4.78 is 1.39. The van der Waals surface area contributed by atoms with Crippen LogP contribution in [0.5, 0.6) is 0 Å². The molecular formula is C19H24IN. The average Bonchev–Trinajstić information content (AvgIpc) is 2.48. The van der Waals surface area contributed by atoms with Crippen LogP contribution in [-0.2, 0) is 6.42 Å². The summed E-state index contributed by atoms with van der Waals surface area (Å²) in [6, 6.07) is 15.9. The molecule has 0 saturated carbocycles. The highest BCUT2D eigenvalue weighted by molar-refractivity contribution is 14.1. The van der Waals surface area contributed by atoms with Crippen LogP contribution in [0.15, 0.2) is 42.5 Å². The van der Waals surface area contributed by atoms with E-state index in [1.54, 1.807) is 0 Å². The molecule has 2 aromatic carbocycles. The Bertz CT molecular complexity index is 575. The van der Waals surface area contributed by atoms with E-state index in [-0.39, 0.29) is 0 Å². The van der Waals surface area contributed by atoms with E-state index in [0.29, 0.717) is 6.04 Å². The van der Waals surface area contributed by atoms with E-state index in [1.807, 2.05) is 0 Å². The first kappa shape index (κ1) is 16.5. The van der Waals surface area contributed by atoms with Crippen LogP contribution >= 0.6 is 22.6 Å². The summed E-state index contributed by atoms with van der Waals surface area (Å²) >= 11 is 2.48. The summed E-state index contributed by atoms with van der Waals surface area (Å²) in [5.41, 5.74) is 5.50. The molecule has 2 rings (SSSR count). The van der Waals surface area contributed by atoms with Crippen LogP contribution in [0.3, 0.4) is 0 Å². The van der Waals surface area contributed by atoms with Crippen molar-refractivity contribution < 1.29 is 0 Å². The van der Waals surface area contributed by atoms with Crippen molar-refractivity contribution in [1.82, 2.24) is 5.32 Å². The van der Waals surface area contributed by atoms with Crippen molar-refractivity contribution in [2.75, 3.05) is 6.54 Å². The van der Waals surface area contributed by atoms with Gasteiger partial charge in [0.2, 0.25) is 0 Å². The number of benzene rings is 2. The van der Waals surface area contributed by atoms with Crippen molar-refractivity contribution in [3.63, 3.8) is 0 Å². The summed E-state index contributed by atoms with van der Waals surface area (Å²) in [6.45, 7) is 7.60. The Hall–Kier alpha value is -0.870. The fraction of sp³-hybridized carbons (Fsp3) is 0.368. The molecule has 0 radical (unpaired) electrons. The Kier molecular flexibility index (Phi) is 6.24. The third-order valence-corrected chi connectivity index (χ3v) is 5.27. The molecule has 1 atom stereocenters. The minimum absolute atomic E-state index is 0.388. The number of nitrogens with one attached hydrogen (secondary N) is 1. The topological polar surface area (TPSA) is 12.0 Å². The van der Waals surface area contributed by atoms with Gasteiger partial charge in [-0.25, -0.2) is 0 Å². The average molecular weight is 393 g/mol. The molecule has 0 saturated heterocycles. The Morgan fingerprint density at radius 3 is 2.43 bits per heavy atom. The van der Waals surface area contributed by atoms with Gasteiger partial charge in [0.25, 0.3) is 0 Å². The van der Waals surface area contributed by atoms with Crippen molar-refractivity contribution in [3.05, 3.63) is 68.3 Å². The molecular weight excluding hydrogens is 369 g/mol. The van der Waals surface area contributed by atoms with E-state index in [9.17, 15) is 0 Å². The van der Waals surface area contributed by atoms with Crippen LogP contribution < -0.4 is 5.32 Å². The SMILES string of the molecule is CCCNC(Cc1ccc(C)cc1)c1cccc(C)c1I. The van der Waals surface area contributed by atoms with Crippen LogP contribution in [0, 0.1) is 17.4 Å². The number of halogens is 1. The molecule has 112 valence electrons. The van der Waals surface area contributed by atoms with Gasteiger partial charge < -0.3 is 5.32 Å². The van der Waals surface area contributed by atoms with Gasteiger partial charge in [-0.2, -0.15) is 0 Å². The zero-order valence-electron chi connectivity index (χ0n) is 13.1. The van der Waals surface area contributed by atoms with Crippen molar-refractivity contribution >= 4 is 22.6 Å². The molecule has 0 bridgehead atoms. The summed E-state index contributed by atoms with van der Waals surface area (Å²) in [5, 5.41) is 3.71. The zero-order chi connectivity index (χ0) is 15.2. The Morgan fingerprint density at radius 2 is 1.76 bits per heavy atom. The molecule has 2 heteroatoms. The van der Waals surface area contributed by atoms with Crippen molar-refractivity contribution in [3.8, 4) is 0 Å². The minimum Gasteiger partial charge on any atom is -0.310 e. The maximum Gasteiger partial charge on any atom is 0.0371 e. The number of hydrogen-bond donors (Lipinski definition) is 1. The smallest absolute Gasteiger partial charge is 0.0371 e. The lowest BCUT2D eigenvalue weighted by Crippen LogP contribution is -2.25. The molecule has 0 aromatic heterocycles. The van der Waals surface area contributed by atoms with Gasteiger partial charge in [-0.05, 0) is 72.5 Å². The van der Waals surface area contributed by atoms with Gasteiger partial charge in [-0.3, -0.25) is 0 Å². The van der Waals surface area contributed by atoms with E-state index >= 15 is 0 Å². The van der Waals surface area contributed by atoms with Crippen molar-refractivity contribution in [2.45, 2.75) is 39.7 Å². The third kappa shape index (κ3) is 4.55. The molecule has 0 aliphatic rings. The second kappa shape index (κ2) is 7.95. The van der Waals surface area contributed by atoms with Gasteiger partial charge in [0.15, 0.2) is 0 Å². The number of aryl methyl sites for hydroxylation is 2. The van der Waals surface area contributed by atoms with E-state index in [2.05, 4.69) is 91.1 Å². The second-order valence-electron chi connectivity index (χ2n) is 5.67. The maximum absolute atomic E-state index is 3.71. The molecule has 1 N–H and O–H groups in total. The van der Waals surface area contributed by atoms with Crippen LogP contribution in [0.4, 0.5) is 0 Å². The van der Waals surface area contributed by atoms with Crippen LogP contribution in [0.1, 0.15) is 41.6 Å². The monoisotopic (exact) mass is 393 g/mol. The first-order valence-corrected chi connectivity index (χ1v) is 8.73. The van der Waals surface area contributed by atoms with Gasteiger partial charge >= 0.3 is 0 Å². The molecule has 2 aromatic rings. The lowest BCUT2D eigenvalue weighted by molar-refractivity contribution is 0.527. The second-order valence-corrected chi connectivity index (χ2v) is 6.75. The van der Waals surface area contributed by atoms with Crippen LogP contribution in [-0.4, -0.2) is 6.54 Å². The van der Waals surface area contributed by atoms with Gasteiger partial charge in [0.05, 0.1) is 0 Å². The first-order valence-electron chi connectivity index (χ1n) is 7.65.